The number of aromatic nitrogens is 1. The Labute approximate surface area is 122 Å². The summed E-state index contributed by atoms with van der Waals surface area (Å²) in [6, 6.07) is 4.09. The lowest BCUT2D eigenvalue weighted by Crippen LogP contribution is -2.00. The third-order valence-corrected chi connectivity index (χ3v) is 2.43. The highest BCUT2D eigenvalue weighted by molar-refractivity contribution is 5.13. The normalized spacial score (nSPS) is 9.21. The molecule has 1 nitrogen and oxygen atoms in total. The van der Waals surface area contributed by atoms with Crippen molar-refractivity contribution in [2.45, 2.75) is 81.6 Å². The summed E-state index contributed by atoms with van der Waals surface area (Å²) < 4.78 is 0. The molecule has 0 radical (unpaired) electrons. The third kappa shape index (κ3) is 19.7. The zero-order valence-corrected chi connectivity index (χ0v) is 15.0. The first-order valence-electron chi connectivity index (χ1n) is 7.76. The fraction of sp³-hybridized carbons (Fsp3) is 0.722. The Balaban J connectivity index is -0.000000224. The summed E-state index contributed by atoms with van der Waals surface area (Å²) >= 11 is 0. The summed E-state index contributed by atoms with van der Waals surface area (Å²) in [5.74, 6) is 0.619. The van der Waals surface area contributed by atoms with Gasteiger partial charge in [-0.15, -0.1) is 0 Å². The van der Waals surface area contributed by atoms with Gasteiger partial charge < -0.3 is 0 Å². The van der Waals surface area contributed by atoms with Gasteiger partial charge in [-0.3, -0.25) is 4.98 Å². The molecule has 0 saturated heterocycles. The molecular weight excluding hydrogens is 230 g/mol. The highest BCUT2D eigenvalue weighted by atomic mass is 14.6. The van der Waals surface area contributed by atoms with Gasteiger partial charge >= 0.3 is 0 Å². The first kappa shape index (κ1) is 23.3. The second-order valence-electron chi connectivity index (χ2n) is 5.35. The van der Waals surface area contributed by atoms with Gasteiger partial charge in [0, 0.05) is 12.4 Å². The highest BCUT2D eigenvalue weighted by Gasteiger charge is 2.03. The lowest BCUT2D eigenvalue weighted by molar-refractivity contribution is 0.398. The van der Waals surface area contributed by atoms with Crippen LogP contribution in [0.25, 0.3) is 0 Å². The van der Waals surface area contributed by atoms with Gasteiger partial charge in [0.25, 0.3) is 0 Å². The van der Waals surface area contributed by atoms with Gasteiger partial charge in [-0.1, -0.05) is 75.7 Å². The van der Waals surface area contributed by atoms with Crippen molar-refractivity contribution in [2.24, 2.45) is 5.41 Å². The lowest BCUT2D eigenvalue weighted by Gasteiger charge is -2.12. The van der Waals surface area contributed by atoms with Crippen LogP contribution in [0, 0.1) is 5.41 Å². The molecular formula is C18H37N. The Bertz CT molecular complexity index is 244. The van der Waals surface area contributed by atoms with Crippen LogP contribution in [-0.2, 0) is 0 Å². The van der Waals surface area contributed by atoms with Crippen LogP contribution >= 0.6 is 0 Å². The van der Waals surface area contributed by atoms with Crippen molar-refractivity contribution >= 4 is 0 Å². The Kier molecular flexibility index (Phi) is 18.6. The molecule has 1 heteroatoms. The molecule has 0 aliphatic heterocycles. The fourth-order valence-electron chi connectivity index (χ4n) is 0.748. The Morgan fingerprint density at radius 3 is 1.42 bits per heavy atom. The fourth-order valence-corrected chi connectivity index (χ4v) is 0.748. The molecule has 1 aromatic rings. The quantitative estimate of drug-likeness (QED) is 0.551. The van der Waals surface area contributed by atoms with Gasteiger partial charge in [0.05, 0.1) is 0 Å². The van der Waals surface area contributed by atoms with Crippen LogP contribution in [-0.4, -0.2) is 4.98 Å². The van der Waals surface area contributed by atoms with Crippen molar-refractivity contribution < 1.29 is 0 Å². The van der Waals surface area contributed by atoms with Crippen LogP contribution < -0.4 is 0 Å². The van der Waals surface area contributed by atoms with Gasteiger partial charge in [0.15, 0.2) is 0 Å². The molecule has 19 heavy (non-hydrogen) atoms. The predicted molar refractivity (Wildman–Crippen MR) is 90.8 cm³/mol. The minimum atomic E-state index is 0.542. The van der Waals surface area contributed by atoms with Crippen LogP contribution in [0.2, 0.25) is 0 Å². The largest absolute Gasteiger partial charge is 0.265 e. The van der Waals surface area contributed by atoms with Crippen LogP contribution in [0.4, 0.5) is 0 Å². The monoisotopic (exact) mass is 267 g/mol. The maximum absolute atomic E-state index is 3.93. The van der Waals surface area contributed by atoms with E-state index in [0.717, 1.165) is 0 Å². The second-order valence-corrected chi connectivity index (χ2v) is 5.35. The maximum Gasteiger partial charge on any atom is 0.0270 e. The molecule has 0 saturated carbocycles. The molecule has 114 valence electrons. The summed E-state index contributed by atoms with van der Waals surface area (Å²) in [7, 11) is 0. The predicted octanol–water partition coefficient (Wildman–Crippen LogP) is 6.70. The van der Waals surface area contributed by atoms with Crippen molar-refractivity contribution in [3.63, 3.8) is 0 Å². The summed E-state index contributed by atoms with van der Waals surface area (Å²) in [5, 5.41) is 0. The number of nitrogens with zero attached hydrogens (tertiary/aromatic N) is 1. The Morgan fingerprint density at radius 2 is 1.26 bits per heavy atom. The number of rotatable bonds is 1. The van der Waals surface area contributed by atoms with E-state index < -0.39 is 0 Å². The highest BCUT2D eigenvalue weighted by Crippen LogP contribution is 2.16. The molecule has 0 aliphatic carbocycles. The molecule has 0 aromatic carbocycles. The van der Waals surface area contributed by atoms with Crippen molar-refractivity contribution in [1.29, 1.82) is 0 Å². The van der Waals surface area contributed by atoms with E-state index in [4.69, 9.17) is 0 Å². The van der Waals surface area contributed by atoms with E-state index in [1.165, 1.54) is 12.0 Å². The van der Waals surface area contributed by atoms with Gasteiger partial charge in [0.2, 0.25) is 0 Å². The molecule has 0 spiro atoms. The zero-order chi connectivity index (χ0) is 15.9. The van der Waals surface area contributed by atoms with Crippen molar-refractivity contribution in [3.05, 3.63) is 30.1 Å². The summed E-state index contributed by atoms with van der Waals surface area (Å²) in [6.45, 7) is 21.3. The van der Waals surface area contributed by atoms with Crippen molar-refractivity contribution in [3.8, 4) is 0 Å². The molecule has 0 aliphatic rings. The third-order valence-electron chi connectivity index (χ3n) is 2.43. The molecule has 1 aromatic heterocycles. The summed E-state index contributed by atoms with van der Waals surface area (Å²) in [5.41, 5.74) is 1.89. The summed E-state index contributed by atoms with van der Waals surface area (Å²) in [6.07, 6.45) is 4.93. The number of pyridine rings is 1. The van der Waals surface area contributed by atoms with Crippen LogP contribution in [0.15, 0.2) is 24.5 Å². The van der Waals surface area contributed by atoms with Gasteiger partial charge in [-0.2, -0.15) is 0 Å². The topological polar surface area (TPSA) is 12.9 Å². The molecule has 1 heterocycles. The van der Waals surface area contributed by atoms with E-state index >= 15 is 0 Å². The first-order valence-corrected chi connectivity index (χ1v) is 7.76. The summed E-state index contributed by atoms with van der Waals surface area (Å²) in [4.78, 5) is 3.93. The molecule has 0 unspecified atom stereocenters. The van der Waals surface area contributed by atoms with E-state index in [9.17, 15) is 0 Å². The molecule has 0 amide bonds. The maximum atomic E-state index is 3.93. The standard InChI is InChI=1S/C8H11N.C6H14.2C2H6/c1-7(2)8-3-5-9-6-4-8;1-5-6(2,3)4;2*1-2/h3-7H,1-2H3;5H2,1-4H3;2*1-2H3. The van der Waals surface area contributed by atoms with Crippen LogP contribution in [0.5, 0.6) is 0 Å². The number of hydrogen-bond acceptors (Lipinski definition) is 1. The smallest absolute Gasteiger partial charge is 0.0270 e. The van der Waals surface area contributed by atoms with Gasteiger partial charge in [-0.05, 0) is 29.0 Å². The Hall–Kier alpha value is -0.850. The van der Waals surface area contributed by atoms with E-state index in [1.807, 2.05) is 52.2 Å². The molecule has 1 rings (SSSR count). The molecule has 0 fully saturated rings. The average Bonchev–Trinajstić information content (AvgIpc) is 2.44. The Morgan fingerprint density at radius 1 is 0.947 bits per heavy atom. The first-order chi connectivity index (χ1) is 8.87. The van der Waals surface area contributed by atoms with Gasteiger partial charge in [0.1, 0.15) is 0 Å². The molecule has 0 atom stereocenters. The minimum Gasteiger partial charge on any atom is -0.265 e. The van der Waals surface area contributed by atoms with E-state index in [0.29, 0.717) is 11.3 Å². The van der Waals surface area contributed by atoms with E-state index in [-0.39, 0.29) is 0 Å². The van der Waals surface area contributed by atoms with Crippen molar-refractivity contribution in [2.75, 3.05) is 0 Å². The van der Waals surface area contributed by atoms with E-state index in [1.54, 1.807) is 0 Å². The number of hydrogen-bond donors (Lipinski definition) is 0. The average molecular weight is 268 g/mol. The molecule has 0 N–H and O–H groups in total. The van der Waals surface area contributed by atoms with Crippen LogP contribution in [0.3, 0.4) is 0 Å². The minimum absolute atomic E-state index is 0.542. The zero-order valence-electron chi connectivity index (χ0n) is 15.0. The second kappa shape index (κ2) is 15.2. The van der Waals surface area contributed by atoms with Crippen molar-refractivity contribution in [1.82, 2.24) is 4.98 Å². The molecule has 0 bridgehead atoms. The van der Waals surface area contributed by atoms with Crippen LogP contribution in [0.1, 0.15) is 87.1 Å². The lowest BCUT2D eigenvalue weighted by atomic mass is 9.94. The SMILES string of the molecule is CC.CC.CC(C)c1ccncc1.CCC(C)(C)C. The van der Waals surface area contributed by atoms with Gasteiger partial charge in [-0.25, -0.2) is 0 Å². The van der Waals surface area contributed by atoms with E-state index in [2.05, 4.69) is 46.5 Å².